The van der Waals surface area contributed by atoms with Gasteiger partial charge in [-0.1, -0.05) is 15.9 Å². The summed E-state index contributed by atoms with van der Waals surface area (Å²) in [7, 11) is 0. The van der Waals surface area contributed by atoms with Crippen LogP contribution in [0.25, 0.3) is 11.2 Å². The molecule has 0 aliphatic rings. The molecule has 0 aromatic carbocycles. The van der Waals surface area contributed by atoms with Gasteiger partial charge in [-0.15, -0.1) is 0 Å². The molecule has 4 nitrogen and oxygen atoms in total. The second-order valence-electron chi connectivity index (χ2n) is 3.34. The zero-order valence-corrected chi connectivity index (χ0v) is 10.7. The van der Waals surface area contributed by atoms with Gasteiger partial charge in [0.2, 0.25) is 0 Å². The zero-order chi connectivity index (χ0) is 11.4. The van der Waals surface area contributed by atoms with Gasteiger partial charge in [0.15, 0.2) is 5.65 Å². The van der Waals surface area contributed by atoms with Crippen LogP contribution in [0.15, 0.2) is 24.5 Å². The molecule has 2 aromatic rings. The van der Waals surface area contributed by atoms with E-state index in [1.54, 1.807) is 12.4 Å². The first-order valence-electron chi connectivity index (χ1n) is 5.24. The minimum absolute atomic E-state index is 0.702. The van der Waals surface area contributed by atoms with E-state index in [1.165, 1.54) is 0 Å². The predicted octanol–water partition coefficient (Wildman–Crippen LogP) is 2.25. The Morgan fingerprint density at radius 2 is 2.06 bits per heavy atom. The maximum atomic E-state index is 4.50. The smallest absolute Gasteiger partial charge is 0.180 e. The van der Waals surface area contributed by atoms with Gasteiger partial charge < -0.3 is 4.90 Å². The van der Waals surface area contributed by atoms with Crippen molar-refractivity contribution in [2.75, 3.05) is 23.3 Å². The lowest BCUT2D eigenvalue weighted by Crippen LogP contribution is -2.25. The van der Waals surface area contributed by atoms with Crippen molar-refractivity contribution in [3.8, 4) is 0 Å². The third-order valence-corrected chi connectivity index (χ3v) is 2.73. The Morgan fingerprint density at radius 1 is 1.25 bits per heavy atom. The van der Waals surface area contributed by atoms with Crippen LogP contribution < -0.4 is 4.90 Å². The Bertz CT molecular complexity index is 474. The Morgan fingerprint density at radius 3 is 2.81 bits per heavy atom. The molecule has 0 bridgehead atoms. The first kappa shape index (κ1) is 11.3. The summed E-state index contributed by atoms with van der Waals surface area (Å²) < 4.78 is 0. The second-order valence-corrected chi connectivity index (χ2v) is 4.13. The summed E-state index contributed by atoms with van der Waals surface area (Å²) in [5.41, 5.74) is 1.54. The molecule has 0 N–H and O–H groups in total. The minimum Gasteiger partial charge on any atom is -0.356 e. The number of hydrogen-bond acceptors (Lipinski definition) is 4. The fourth-order valence-electron chi connectivity index (χ4n) is 1.56. The van der Waals surface area contributed by atoms with Crippen LogP contribution in [-0.2, 0) is 0 Å². The second kappa shape index (κ2) is 5.21. The molecule has 0 saturated carbocycles. The molecule has 0 amide bonds. The van der Waals surface area contributed by atoms with Crippen molar-refractivity contribution in [3.05, 3.63) is 24.5 Å². The largest absolute Gasteiger partial charge is 0.356 e. The Kier molecular flexibility index (Phi) is 3.66. The molecule has 0 unspecified atom stereocenters. The third kappa shape index (κ3) is 2.29. The molecule has 84 valence electrons. The number of halogens is 1. The highest BCUT2D eigenvalue weighted by molar-refractivity contribution is 9.09. The maximum absolute atomic E-state index is 4.50. The summed E-state index contributed by atoms with van der Waals surface area (Å²) >= 11 is 3.44. The van der Waals surface area contributed by atoms with Crippen molar-refractivity contribution in [3.63, 3.8) is 0 Å². The molecule has 0 atom stereocenters. The minimum atomic E-state index is 0.702. The van der Waals surface area contributed by atoms with Gasteiger partial charge in [0, 0.05) is 30.8 Å². The summed E-state index contributed by atoms with van der Waals surface area (Å²) in [6.07, 6.45) is 3.35. The van der Waals surface area contributed by atoms with Gasteiger partial charge in [-0.25, -0.2) is 9.97 Å². The van der Waals surface area contributed by atoms with E-state index in [0.717, 1.165) is 29.8 Å². The molecule has 2 heterocycles. The predicted molar refractivity (Wildman–Crippen MR) is 69.0 cm³/mol. The van der Waals surface area contributed by atoms with Crippen molar-refractivity contribution in [2.24, 2.45) is 0 Å². The van der Waals surface area contributed by atoms with E-state index in [1.807, 2.05) is 12.1 Å². The van der Waals surface area contributed by atoms with Crippen LogP contribution in [0.2, 0.25) is 0 Å². The monoisotopic (exact) mass is 280 g/mol. The number of aromatic nitrogens is 3. The summed E-state index contributed by atoms with van der Waals surface area (Å²) in [6.45, 7) is 3.99. The highest BCUT2D eigenvalue weighted by Crippen LogP contribution is 2.14. The molecule has 2 rings (SSSR count). The molecule has 2 aromatic heterocycles. The van der Waals surface area contributed by atoms with Gasteiger partial charge in [-0.2, -0.15) is 0 Å². The van der Waals surface area contributed by atoms with Crippen molar-refractivity contribution in [1.82, 2.24) is 15.0 Å². The average Bonchev–Trinajstić information content (AvgIpc) is 2.35. The quantitative estimate of drug-likeness (QED) is 0.806. The fourth-order valence-corrected chi connectivity index (χ4v) is 1.99. The molecule has 0 aliphatic heterocycles. The Balaban J connectivity index is 2.37. The van der Waals surface area contributed by atoms with Crippen LogP contribution in [-0.4, -0.2) is 33.4 Å². The number of nitrogens with zero attached hydrogens (tertiary/aromatic N) is 4. The van der Waals surface area contributed by atoms with Crippen LogP contribution in [0, 0.1) is 0 Å². The number of alkyl halides is 1. The Labute approximate surface area is 103 Å². The van der Waals surface area contributed by atoms with E-state index in [2.05, 4.69) is 42.7 Å². The number of hydrogen-bond donors (Lipinski definition) is 0. The van der Waals surface area contributed by atoms with Crippen LogP contribution in [0.5, 0.6) is 0 Å². The average molecular weight is 281 g/mol. The highest BCUT2D eigenvalue weighted by atomic mass is 79.9. The van der Waals surface area contributed by atoms with E-state index in [-0.39, 0.29) is 0 Å². The number of rotatable bonds is 4. The first-order valence-corrected chi connectivity index (χ1v) is 6.36. The molecule has 0 aliphatic carbocycles. The lowest BCUT2D eigenvalue weighted by atomic mass is 10.3. The van der Waals surface area contributed by atoms with Crippen LogP contribution >= 0.6 is 15.9 Å². The lowest BCUT2D eigenvalue weighted by Gasteiger charge is -2.20. The van der Waals surface area contributed by atoms with Crippen LogP contribution in [0.1, 0.15) is 6.92 Å². The van der Waals surface area contributed by atoms with Crippen molar-refractivity contribution in [2.45, 2.75) is 6.92 Å². The SMILES string of the molecule is CCN(CCBr)c1ccc2nccnc2n1. The zero-order valence-electron chi connectivity index (χ0n) is 9.10. The fraction of sp³-hybridized carbons (Fsp3) is 0.364. The first-order chi connectivity index (χ1) is 7.85. The van der Waals surface area contributed by atoms with E-state index in [0.29, 0.717) is 5.65 Å². The van der Waals surface area contributed by atoms with E-state index in [9.17, 15) is 0 Å². The number of pyridine rings is 1. The van der Waals surface area contributed by atoms with Crippen LogP contribution in [0.3, 0.4) is 0 Å². The summed E-state index contributed by atoms with van der Waals surface area (Å²) in [6, 6.07) is 3.95. The number of anilines is 1. The summed E-state index contributed by atoms with van der Waals surface area (Å²) in [5.74, 6) is 0.954. The van der Waals surface area contributed by atoms with Crippen molar-refractivity contribution >= 4 is 32.9 Å². The molecular weight excluding hydrogens is 268 g/mol. The molecule has 0 spiro atoms. The van der Waals surface area contributed by atoms with Gasteiger partial charge >= 0.3 is 0 Å². The standard InChI is InChI=1S/C11H13BrN4/c1-2-16(8-5-12)10-4-3-9-11(15-10)14-7-6-13-9/h3-4,6-7H,2,5,8H2,1H3. The van der Waals surface area contributed by atoms with Gasteiger partial charge in [-0.3, -0.25) is 4.98 Å². The molecule has 5 heteroatoms. The summed E-state index contributed by atoms with van der Waals surface area (Å²) in [4.78, 5) is 15.1. The van der Waals surface area contributed by atoms with Crippen LogP contribution in [0.4, 0.5) is 5.82 Å². The van der Waals surface area contributed by atoms with E-state index >= 15 is 0 Å². The Hall–Kier alpha value is -1.23. The lowest BCUT2D eigenvalue weighted by molar-refractivity contribution is 0.856. The van der Waals surface area contributed by atoms with Gasteiger partial charge in [0.25, 0.3) is 0 Å². The maximum Gasteiger partial charge on any atom is 0.180 e. The van der Waals surface area contributed by atoms with Crippen molar-refractivity contribution in [1.29, 1.82) is 0 Å². The molecule has 16 heavy (non-hydrogen) atoms. The van der Waals surface area contributed by atoms with Crippen molar-refractivity contribution < 1.29 is 0 Å². The topological polar surface area (TPSA) is 41.9 Å². The van der Waals surface area contributed by atoms with Gasteiger partial charge in [0.1, 0.15) is 11.3 Å². The van der Waals surface area contributed by atoms with Gasteiger partial charge in [-0.05, 0) is 19.1 Å². The summed E-state index contributed by atoms with van der Waals surface area (Å²) in [5, 5.41) is 0.932. The third-order valence-electron chi connectivity index (χ3n) is 2.38. The molecule has 0 saturated heterocycles. The number of fused-ring (bicyclic) bond motifs is 1. The molecule has 0 fully saturated rings. The molecule has 0 radical (unpaired) electrons. The normalized spacial score (nSPS) is 10.6. The van der Waals surface area contributed by atoms with Gasteiger partial charge in [0.05, 0.1) is 0 Å². The highest BCUT2D eigenvalue weighted by Gasteiger charge is 2.06. The van der Waals surface area contributed by atoms with E-state index in [4.69, 9.17) is 0 Å². The van der Waals surface area contributed by atoms with E-state index < -0.39 is 0 Å². The molecular formula is C11H13BrN4.